The fraction of sp³-hybridized carbons (Fsp3) is 0.571. The zero-order chi connectivity index (χ0) is 14.5. The van der Waals surface area contributed by atoms with Crippen LogP contribution in [0.2, 0.25) is 0 Å². The minimum absolute atomic E-state index is 0.309. The summed E-state index contributed by atoms with van der Waals surface area (Å²) in [6.45, 7) is 8.41. The first kappa shape index (κ1) is 16.7. The second-order valence-corrected chi connectivity index (χ2v) is 6.77. The summed E-state index contributed by atoms with van der Waals surface area (Å²) < 4.78 is 23.2. The highest BCUT2D eigenvalue weighted by Crippen LogP contribution is 2.51. The van der Waals surface area contributed by atoms with Crippen LogP contribution in [0.25, 0.3) is 0 Å². The van der Waals surface area contributed by atoms with Gasteiger partial charge in [-0.05, 0) is 49.9 Å². The van der Waals surface area contributed by atoms with Crippen LogP contribution in [0.5, 0.6) is 0 Å². The molecule has 108 valence electrons. The summed E-state index contributed by atoms with van der Waals surface area (Å²) in [6.07, 6.45) is 0.309. The lowest BCUT2D eigenvalue weighted by atomic mass is 10.0. The molecular weight excluding hydrogens is 283 g/mol. The second kappa shape index (κ2) is 7.44. The number of halogens is 1. The van der Waals surface area contributed by atoms with Gasteiger partial charge in [0.05, 0.1) is 19.4 Å². The minimum atomic E-state index is -3.04. The molecule has 0 radical (unpaired) electrons. The summed E-state index contributed by atoms with van der Waals surface area (Å²) in [4.78, 5) is 0. The standard InChI is InChI=1S/C14H22ClO3P/c1-5-17-19(16,18-6-2)10-14-8-11(3)13(9-15)7-12(14)4/h7-8H,5-6,9-10H2,1-4H3. The van der Waals surface area contributed by atoms with Crippen molar-refractivity contribution in [3.05, 3.63) is 34.4 Å². The molecule has 0 atom stereocenters. The van der Waals surface area contributed by atoms with E-state index < -0.39 is 7.60 Å². The maximum atomic E-state index is 12.5. The molecule has 19 heavy (non-hydrogen) atoms. The van der Waals surface area contributed by atoms with Gasteiger partial charge in [0.25, 0.3) is 0 Å². The lowest BCUT2D eigenvalue weighted by molar-refractivity contribution is 0.219. The summed E-state index contributed by atoms with van der Waals surface area (Å²) in [7, 11) is -3.04. The number of hydrogen-bond acceptors (Lipinski definition) is 3. The Balaban J connectivity index is 3.03. The molecule has 1 rings (SSSR count). The Morgan fingerprint density at radius 2 is 1.53 bits per heavy atom. The smallest absolute Gasteiger partial charge is 0.309 e. The molecule has 0 amide bonds. The van der Waals surface area contributed by atoms with Crippen molar-refractivity contribution in [2.75, 3.05) is 13.2 Å². The molecule has 1 aromatic carbocycles. The first-order valence-corrected chi connectivity index (χ1v) is 8.75. The van der Waals surface area contributed by atoms with E-state index in [1.54, 1.807) is 0 Å². The monoisotopic (exact) mass is 304 g/mol. The molecule has 0 saturated heterocycles. The van der Waals surface area contributed by atoms with Crippen molar-refractivity contribution in [1.82, 2.24) is 0 Å². The third-order valence-corrected chi connectivity index (χ3v) is 5.27. The van der Waals surface area contributed by atoms with E-state index in [0.29, 0.717) is 25.3 Å². The van der Waals surface area contributed by atoms with E-state index >= 15 is 0 Å². The van der Waals surface area contributed by atoms with Crippen LogP contribution in [0.1, 0.15) is 36.1 Å². The molecule has 0 fully saturated rings. The van der Waals surface area contributed by atoms with Crippen molar-refractivity contribution >= 4 is 19.2 Å². The Morgan fingerprint density at radius 3 is 2.00 bits per heavy atom. The summed E-state index contributed by atoms with van der Waals surface area (Å²) in [5.41, 5.74) is 4.28. The van der Waals surface area contributed by atoms with Crippen LogP contribution in [-0.2, 0) is 25.7 Å². The summed E-state index contributed by atoms with van der Waals surface area (Å²) >= 11 is 5.88. The number of aryl methyl sites for hydroxylation is 2. The average molecular weight is 305 g/mol. The molecule has 0 heterocycles. The Bertz CT molecular complexity index is 464. The van der Waals surface area contributed by atoms with Gasteiger partial charge < -0.3 is 9.05 Å². The SMILES string of the molecule is CCOP(=O)(Cc1cc(C)c(CCl)cc1C)OCC. The molecule has 3 nitrogen and oxygen atoms in total. The van der Waals surface area contributed by atoms with Gasteiger partial charge in [-0.1, -0.05) is 12.1 Å². The molecule has 0 aliphatic rings. The maximum Gasteiger partial charge on any atom is 0.335 e. The van der Waals surface area contributed by atoms with Crippen LogP contribution < -0.4 is 0 Å². The largest absolute Gasteiger partial charge is 0.335 e. The van der Waals surface area contributed by atoms with Crippen molar-refractivity contribution in [3.8, 4) is 0 Å². The fourth-order valence-corrected chi connectivity index (χ4v) is 4.07. The molecule has 5 heteroatoms. The van der Waals surface area contributed by atoms with E-state index in [9.17, 15) is 4.57 Å². The van der Waals surface area contributed by atoms with Gasteiger partial charge in [0.1, 0.15) is 0 Å². The topological polar surface area (TPSA) is 35.5 Å². The predicted molar refractivity (Wildman–Crippen MR) is 80.0 cm³/mol. The van der Waals surface area contributed by atoms with Crippen LogP contribution in [0.4, 0.5) is 0 Å². The number of rotatable bonds is 7. The normalized spacial score (nSPS) is 11.8. The second-order valence-electron chi connectivity index (χ2n) is 4.44. The predicted octanol–water partition coefficient (Wildman–Crippen LogP) is 4.81. The van der Waals surface area contributed by atoms with E-state index in [2.05, 4.69) is 0 Å². The van der Waals surface area contributed by atoms with Crippen LogP contribution in [0.15, 0.2) is 12.1 Å². The third kappa shape index (κ3) is 4.61. The zero-order valence-corrected chi connectivity index (χ0v) is 13.7. The molecule has 0 saturated carbocycles. The molecule has 1 aromatic rings. The van der Waals surface area contributed by atoms with Gasteiger partial charge in [0.15, 0.2) is 0 Å². The van der Waals surface area contributed by atoms with Gasteiger partial charge in [0, 0.05) is 5.88 Å². The number of hydrogen-bond donors (Lipinski definition) is 0. The van der Waals surface area contributed by atoms with Crippen molar-refractivity contribution in [3.63, 3.8) is 0 Å². The highest BCUT2D eigenvalue weighted by Gasteiger charge is 2.25. The summed E-state index contributed by atoms with van der Waals surface area (Å²) in [5, 5.41) is 0. The summed E-state index contributed by atoms with van der Waals surface area (Å²) in [6, 6.07) is 4.07. The zero-order valence-electron chi connectivity index (χ0n) is 12.0. The van der Waals surface area contributed by atoms with Gasteiger partial charge in [-0.25, -0.2) is 0 Å². The van der Waals surface area contributed by atoms with Gasteiger partial charge in [-0.3, -0.25) is 4.57 Å². The quantitative estimate of drug-likeness (QED) is 0.536. The fourth-order valence-electron chi connectivity index (χ4n) is 1.98. The average Bonchev–Trinajstić information content (AvgIpc) is 2.33. The van der Waals surface area contributed by atoms with Crippen molar-refractivity contribution in [1.29, 1.82) is 0 Å². The highest BCUT2D eigenvalue weighted by molar-refractivity contribution is 7.53. The molecule has 0 aliphatic carbocycles. The van der Waals surface area contributed by atoms with Crippen LogP contribution >= 0.6 is 19.2 Å². The lowest BCUT2D eigenvalue weighted by Crippen LogP contribution is -2.01. The van der Waals surface area contributed by atoms with E-state index in [4.69, 9.17) is 20.6 Å². The lowest BCUT2D eigenvalue weighted by Gasteiger charge is -2.19. The molecule has 0 unspecified atom stereocenters. The molecule has 0 aromatic heterocycles. The first-order chi connectivity index (χ1) is 8.95. The molecular formula is C14H22ClO3P. The van der Waals surface area contributed by atoms with Crippen LogP contribution in [0, 0.1) is 13.8 Å². The van der Waals surface area contributed by atoms with Crippen molar-refractivity contribution in [2.45, 2.75) is 39.7 Å². The van der Waals surface area contributed by atoms with E-state index in [1.165, 1.54) is 0 Å². The molecule has 0 aliphatic heterocycles. The van der Waals surface area contributed by atoms with Gasteiger partial charge >= 0.3 is 7.60 Å². The maximum absolute atomic E-state index is 12.5. The van der Waals surface area contributed by atoms with Gasteiger partial charge in [-0.15, -0.1) is 11.6 Å². The van der Waals surface area contributed by atoms with E-state index in [1.807, 2.05) is 39.8 Å². The highest BCUT2D eigenvalue weighted by atomic mass is 35.5. The van der Waals surface area contributed by atoms with E-state index in [0.717, 1.165) is 22.3 Å². The Labute approximate surface area is 120 Å². The van der Waals surface area contributed by atoms with Gasteiger partial charge in [0.2, 0.25) is 0 Å². The Kier molecular flexibility index (Phi) is 6.55. The van der Waals surface area contributed by atoms with Crippen LogP contribution in [0.3, 0.4) is 0 Å². The van der Waals surface area contributed by atoms with Crippen molar-refractivity contribution in [2.24, 2.45) is 0 Å². The minimum Gasteiger partial charge on any atom is -0.309 e. The first-order valence-electron chi connectivity index (χ1n) is 6.48. The molecule has 0 N–H and O–H groups in total. The molecule has 0 bridgehead atoms. The van der Waals surface area contributed by atoms with Gasteiger partial charge in [-0.2, -0.15) is 0 Å². The van der Waals surface area contributed by atoms with Crippen LogP contribution in [-0.4, -0.2) is 13.2 Å². The Morgan fingerprint density at radius 1 is 1.05 bits per heavy atom. The molecule has 0 spiro atoms. The number of alkyl halides is 1. The van der Waals surface area contributed by atoms with Crippen molar-refractivity contribution < 1.29 is 13.6 Å². The van der Waals surface area contributed by atoms with E-state index in [-0.39, 0.29) is 0 Å². The summed E-state index contributed by atoms with van der Waals surface area (Å²) in [5.74, 6) is 0.488. The Hall–Kier alpha value is -0.340. The number of benzene rings is 1. The third-order valence-electron chi connectivity index (χ3n) is 2.95.